The molecule has 23 heavy (non-hydrogen) atoms. The lowest BCUT2D eigenvalue weighted by molar-refractivity contribution is 0.0524. The topological polar surface area (TPSA) is 66.2 Å². The molecule has 1 aromatic carbocycles. The number of fused-ring (bicyclic) bond motifs is 1. The number of aryl methyl sites for hydroxylation is 1. The molecule has 0 spiro atoms. The Hall–Kier alpha value is -2.41. The first-order chi connectivity index (χ1) is 11.0. The van der Waals surface area contributed by atoms with Gasteiger partial charge in [0.1, 0.15) is 11.3 Å². The van der Waals surface area contributed by atoms with Crippen molar-refractivity contribution in [2.24, 2.45) is 0 Å². The largest absolute Gasteiger partial charge is 0.497 e. The Balaban J connectivity index is 2.08. The lowest BCUT2D eigenvalue weighted by Crippen LogP contribution is -2.07. The molecule has 0 bridgehead atoms. The van der Waals surface area contributed by atoms with Gasteiger partial charge in [0.15, 0.2) is 0 Å². The molecule has 3 rings (SSSR count). The number of methoxy groups -OCH3 is 1. The number of rotatable bonds is 4. The first-order valence-corrected chi connectivity index (χ1v) is 8.05. The Kier molecular flexibility index (Phi) is 4.04. The zero-order chi connectivity index (χ0) is 16.6. The predicted octanol–water partition coefficient (Wildman–Crippen LogP) is 3.28. The molecule has 0 N–H and O–H groups in total. The highest BCUT2D eigenvalue weighted by Crippen LogP contribution is 2.29. The molecule has 2 aromatic heterocycles. The second-order valence-corrected chi connectivity index (χ2v) is 6.02. The molecule has 0 aliphatic heterocycles. The van der Waals surface area contributed by atoms with Crippen molar-refractivity contribution in [1.29, 1.82) is 0 Å². The molecule has 2 heterocycles. The van der Waals surface area contributed by atoms with E-state index in [1.165, 1.54) is 11.3 Å². The minimum absolute atomic E-state index is 0.337. The molecule has 0 saturated carbocycles. The number of hydrogen-bond acceptors (Lipinski definition) is 6. The van der Waals surface area contributed by atoms with E-state index in [9.17, 15) is 4.79 Å². The van der Waals surface area contributed by atoms with Gasteiger partial charge in [-0.25, -0.2) is 14.5 Å². The highest BCUT2D eigenvalue weighted by Gasteiger charge is 2.21. The highest BCUT2D eigenvalue weighted by atomic mass is 32.1. The lowest BCUT2D eigenvalue weighted by Gasteiger charge is -2.02. The van der Waals surface area contributed by atoms with Gasteiger partial charge in [0.05, 0.1) is 35.3 Å². The molecule has 0 aliphatic rings. The summed E-state index contributed by atoms with van der Waals surface area (Å²) in [6, 6.07) is 5.72. The third-order valence-electron chi connectivity index (χ3n) is 3.54. The van der Waals surface area contributed by atoms with Crippen molar-refractivity contribution in [2.75, 3.05) is 13.7 Å². The van der Waals surface area contributed by atoms with Gasteiger partial charge in [-0.2, -0.15) is 5.10 Å². The fourth-order valence-electron chi connectivity index (χ4n) is 2.44. The van der Waals surface area contributed by atoms with Gasteiger partial charge in [-0.1, -0.05) is 11.3 Å². The van der Waals surface area contributed by atoms with E-state index in [-0.39, 0.29) is 5.97 Å². The number of carbonyl (C=O) groups is 1. The van der Waals surface area contributed by atoms with Crippen LogP contribution < -0.4 is 4.74 Å². The monoisotopic (exact) mass is 331 g/mol. The molecular formula is C16H17N3O3S. The summed E-state index contributed by atoms with van der Waals surface area (Å²) in [4.78, 5) is 16.7. The average molecular weight is 331 g/mol. The van der Waals surface area contributed by atoms with E-state index >= 15 is 0 Å². The maximum absolute atomic E-state index is 12.1. The van der Waals surface area contributed by atoms with Gasteiger partial charge < -0.3 is 9.47 Å². The quantitative estimate of drug-likeness (QED) is 0.686. The van der Waals surface area contributed by atoms with E-state index in [1.54, 1.807) is 25.6 Å². The van der Waals surface area contributed by atoms with Crippen LogP contribution in [0.15, 0.2) is 18.2 Å². The number of nitrogens with zero attached hydrogens (tertiary/aromatic N) is 3. The number of benzene rings is 1. The Morgan fingerprint density at radius 1 is 1.35 bits per heavy atom. The Morgan fingerprint density at radius 2 is 2.13 bits per heavy atom. The standard InChI is InChI=1S/C16H17N3O3S/c1-5-22-15(20)14-9(2)18-19(10(14)3)16-17-12-7-6-11(21-4)8-13(12)23-16/h6-8H,5H2,1-4H3. The number of esters is 1. The third-order valence-corrected chi connectivity index (χ3v) is 4.53. The van der Waals surface area contributed by atoms with Gasteiger partial charge in [-0.05, 0) is 39.0 Å². The summed E-state index contributed by atoms with van der Waals surface area (Å²) < 4.78 is 13.0. The first-order valence-electron chi connectivity index (χ1n) is 7.23. The van der Waals surface area contributed by atoms with Crippen LogP contribution in [-0.4, -0.2) is 34.5 Å². The van der Waals surface area contributed by atoms with Crippen LogP contribution in [0.25, 0.3) is 15.3 Å². The molecule has 0 radical (unpaired) electrons. The molecule has 6 nitrogen and oxygen atoms in total. The highest BCUT2D eigenvalue weighted by molar-refractivity contribution is 7.20. The molecule has 0 saturated heterocycles. The van der Waals surface area contributed by atoms with E-state index in [0.29, 0.717) is 23.0 Å². The molecule has 0 fully saturated rings. The van der Waals surface area contributed by atoms with Gasteiger partial charge in [0, 0.05) is 0 Å². The van der Waals surface area contributed by atoms with Crippen molar-refractivity contribution in [2.45, 2.75) is 20.8 Å². The van der Waals surface area contributed by atoms with E-state index in [1.807, 2.05) is 25.1 Å². The van der Waals surface area contributed by atoms with E-state index in [2.05, 4.69) is 10.1 Å². The van der Waals surface area contributed by atoms with Crippen LogP contribution >= 0.6 is 11.3 Å². The van der Waals surface area contributed by atoms with Crippen molar-refractivity contribution in [3.8, 4) is 10.9 Å². The van der Waals surface area contributed by atoms with Crippen LogP contribution in [0.3, 0.4) is 0 Å². The summed E-state index contributed by atoms with van der Waals surface area (Å²) in [5.41, 5.74) is 2.74. The van der Waals surface area contributed by atoms with Crippen LogP contribution in [0, 0.1) is 13.8 Å². The van der Waals surface area contributed by atoms with Crippen molar-refractivity contribution >= 4 is 27.5 Å². The van der Waals surface area contributed by atoms with Crippen LogP contribution in [-0.2, 0) is 4.74 Å². The minimum atomic E-state index is -0.350. The summed E-state index contributed by atoms with van der Waals surface area (Å²) in [5, 5.41) is 5.17. The maximum Gasteiger partial charge on any atom is 0.341 e. The SMILES string of the molecule is CCOC(=O)c1c(C)nn(-c2nc3ccc(OC)cc3s2)c1C. The second-order valence-electron chi connectivity index (χ2n) is 5.01. The summed E-state index contributed by atoms with van der Waals surface area (Å²) in [7, 11) is 1.63. The van der Waals surface area contributed by atoms with Crippen molar-refractivity contribution in [3.05, 3.63) is 35.2 Å². The molecule has 0 amide bonds. The van der Waals surface area contributed by atoms with Gasteiger partial charge in [-0.3, -0.25) is 0 Å². The number of hydrogen-bond donors (Lipinski definition) is 0. The number of thiazole rings is 1. The first kappa shape index (κ1) is 15.5. The number of aromatic nitrogens is 3. The Bertz CT molecular complexity index is 882. The predicted molar refractivity (Wildman–Crippen MR) is 88.7 cm³/mol. The summed E-state index contributed by atoms with van der Waals surface area (Å²) >= 11 is 1.50. The van der Waals surface area contributed by atoms with Crippen LogP contribution in [0.1, 0.15) is 28.7 Å². The minimum Gasteiger partial charge on any atom is -0.497 e. The van der Waals surface area contributed by atoms with Crippen molar-refractivity contribution < 1.29 is 14.3 Å². The van der Waals surface area contributed by atoms with Gasteiger partial charge in [0.25, 0.3) is 0 Å². The molecular weight excluding hydrogens is 314 g/mol. The Morgan fingerprint density at radius 3 is 2.83 bits per heavy atom. The fourth-order valence-corrected chi connectivity index (χ4v) is 3.44. The molecule has 0 aliphatic carbocycles. The van der Waals surface area contributed by atoms with Gasteiger partial charge >= 0.3 is 5.97 Å². The maximum atomic E-state index is 12.1. The number of ether oxygens (including phenoxy) is 2. The van der Waals surface area contributed by atoms with Crippen LogP contribution in [0.5, 0.6) is 5.75 Å². The van der Waals surface area contributed by atoms with Crippen LogP contribution in [0.2, 0.25) is 0 Å². The summed E-state index contributed by atoms with van der Waals surface area (Å²) in [6.07, 6.45) is 0. The molecule has 0 unspecified atom stereocenters. The molecule has 3 aromatic rings. The van der Waals surface area contributed by atoms with Crippen LogP contribution in [0.4, 0.5) is 0 Å². The van der Waals surface area contributed by atoms with Gasteiger partial charge in [0.2, 0.25) is 5.13 Å². The fraction of sp³-hybridized carbons (Fsp3) is 0.312. The van der Waals surface area contributed by atoms with Crippen molar-refractivity contribution in [3.63, 3.8) is 0 Å². The Labute approximate surface area is 137 Å². The average Bonchev–Trinajstić information content (AvgIpc) is 3.07. The molecule has 0 atom stereocenters. The normalized spacial score (nSPS) is 11.0. The van der Waals surface area contributed by atoms with Crippen molar-refractivity contribution in [1.82, 2.24) is 14.8 Å². The van der Waals surface area contributed by atoms with E-state index in [0.717, 1.165) is 21.7 Å². The molecule has 7 heteroatoms. The summed E-state index contributed by atoms with van der Waals surface area (Å²) in [6.45, 7) is 5.77. The summed E-state index contributed by atoms with van der Waals surface area (Å²) in [5.74, 6) is 0.435. The van der Waals surface area contributed by atoms with E-state index in [4.69, 9.17) is 9.47 Å². The lowest BCUT2D eigenvalue weighted by atomic mass is 10.2. The third kappa shape index (κ3) is 2.68. The zero-order valence-corrected chi connectivity index (χ0v) is 14.2. The van der Waals surface area contributed by atoms with Gasteiger partial charge in [-0.15, -0.1) is 0 Å². The van der Waals surface area contributed by atoms with E-state index < -0.39 is 0 Å². The smallest absolute Gasteiger partial charge is 0.341 e. The molecule has 120 valence electrons. The number of carbonyl (C=O) groups excluding carboxylic acids is 1. The second kappa shape index (κ2) is 6.00. The zero-order valence-electron chi connectivity index (χ0n) is 13.4.